The Morgan fingerprint density at radius 1 is 1.45 bits per heavy atom. The van der Waals surface area contributed by atoms with Gasteiger partial charge in [-0.25, -0.2) is 4.79 Å². The van der Waals surface area contributed by atoms with Crippen LogP contribution in [-0.4, -0.2) is 32.3 Å². The molecule has 5 heteroatoms. The second kappa shape index (κ2) is 5.09. The molecule has 2 aromatic rings. The van der Waals surface area contributed by atoms with Crippen LogP contribution in [0.15, 0.2) is 30.6 Å². The highest BCUT2D eigenvalue weighted by atomic mass is 16.4. The Kier molecular flexibility index (Phi) is 3.28. The van der Waals surface area contributed by atoms with Gasteiger partial charge in [-0.3, -0.25) is 9.58 Å². The largest absolute Gasteiger partial charge is 0.478 e. The van der Waals surface area contributed by atoms with Gasteiger partial charge in [-0.1, -0.05) is 12.1 Å². The summed E-state index contributed by atoms with van der Waals surface area (Å²) in [4.78, 5) is 13.5. The smallest absolute Gasteiger partial charge is 0.335 e. The fourth-order valence-electron chi connectivity index (χ4n) is 2.81. The van der Waals surface area contributed by atoms with Crippen molar-refractivity contribution < 1.29 is 9.90 Å². The van der Waals surface area contributed by atoms with Crippen molar-refractivity contribution in [2.75, 3.05) is 6.54 Å². The van der Waals surface area contributed by atoms with Crippen molar-refractivity contribution in [3.8, 4) is 0 Å². The number of aromatic carboxylic acids is 1. The van der Waals surface area contributed by atoms with Crippen LogP contribution < -0.4 is 0 Å². The Balaban J connectivity index is 1.79. The third-order valence-corrected chi connectivity index (χ3v) is 3.74. The van der Waals surface area contributed by atoms with E-state index in [0.29, 0.717) is 5.56 Å². The number of aryl methyl sites for hydroxylation is 1. The van der Waals surface area contributed by atoms with E-state index in [0.717, 1.165) is 37.2 Å². The Morgan fingerprint density at radius 2 is 2.30 bits per heavy atom. The quantitative estimate of drug-likeness (QED) is 0.922. The van der Waals surface area contributed by atoms with E-state index in [4.69, 9.17) is 0 Å². The minimum Gasteiger partial charge on any atom is -0.478 e. The summed E-state index contributed by atoms with van der Waals surface area (Å²) in [5.41, 5.74) is 3.75. The molecule has 1 aliphatic heterocycles. The number of carbonyl (C=O) groups is 1. The molecule has 1 N–H and O–H groups in total. The topological polar surface area (TPSA) is 58.4 Å². The van der Waals surface area contributed by atoms with E-state index in [2.05, 4.69) is 10.00 Å². The van der Waals surface area contributed by atoms with Crippen LogP contribution >= 0.6 is 0 Å². The number of benzene rings is 1. The van der Waals surface area contributed by atoms with Crippen LogP contribution in [0, 0.1) is 0 Å². The van der Waals surface area contributed by atoms with Crippen molar-refractivity contribution >= 4 is 5.97 Å². The number of rotatable bonds is 3. The van der Waals surface area contributed by atoms with E-state index < -0.39 is 5.97 Å². The standard InChI is InChI=1S/C15H17N3O2/c1-17-8-11(7-16-17)9-18-6-5-13-12(10-18)3-2-4-14(13)15(19)20/h2-4,7-8H,5-6,9-10H2,1H3,(H,19,20). The predicted octanol–water partition coefficient (Wildman–Crippen LogP) is 1.68. The molecule has 1 aromatic heterocycles. The lowest BCUT2D eigenvalue weighted by atomic mass is 9.94. The first kappa shape index (κ1) is 12.9. The van der Waals surface area contributed by atoms with Crippen LogP contribution in [-0.2, 0) is 26.6 Å². The molecule has 0 unspecified atom stereocenters. The summed E-state index contributed by atoms with van der Waals surface area (Å²) in [6, 6.07) is 5.55. The van der Waals surface area contributed by atoms with Gasteiger partial charge >= 0.3 is 5.97 Å². The molecule has 0 aliphatic carbocycles. The molecular weight excluding hydrogens is 254 g/mol. The zero-order valence-corrected chi connectivity index (χ0v) is 11.4. The molecule has 104 valence electrons. The predicted molar refractivity (Wildman–Crippen MR) is 74.4 cm³/mol. The summed E-state index contributed by atoms with van der Waals surface area (Å²) in [5.74, 6) is -0.831. The van der Waals surface area contributed by atoms with Crippen molar-refractivity contribution in [3.63, 3.8) is 0 Å². The van der Waals surface area contributed by atoms with E-state index >= 15 is 0 Å². The van der Waals surface area contributed by atoms with Gasteiger partial charge in [-0.05, 0) is 23.6 Å². The summed E-state index contributed by atoms with van der Waals surface area (Å²) in [6.07, 6.45) is 4.68. The number of carboxylic acids is 1. The lowest BCUT2D eigenvalue weighted by Gasteiger charge is -2.29. The van der Waals surface area contributed by atoms with Gasteiger partial charge < -0.3 is 5.11 Å². The number of aromatic nitrogens is 2. The first-order valence-electron chi connectivity index (χ1n) is 6.67. The fourth-order valence-corrected chi connectivity index (χ4v) is 2.81. The second-order valence-corrected chi connectivity index (χ2v) is 5.23. The molecule has 0 spiro atoms. The van der Waals surface area contributed by atoms with Crippen molar-refractivity contribution in [1.29, 1.82) is 0 Å². The number of nitrogens with zero attached hydrogens (tertiary/aromatic N) is 3. The fraction of sp³-hybridized carbons (Fsp3) is 0.333. The minimum absolute atomic E-state index is 0.448. The molecule has 1 aliphatic rings. The van der Waals surface area contributed by atoms with E-state index in [1.54, 1.807) is 10.7 Å². The summed E-state index contributed by atoms with van der Waals surface area (Å²) in [6.45, 7) is 2.53. The van der Waals surface area contributed by atoms with Gasteiger partial charge in [-0.15, -0.1) is 0 Å². The summed E-state index contributed by atoms with van der Waals surface area (Å²) < 4.78 is 1.80. The molecule has 0 amide bonds. The van der Waals surface area contributed by atoms with Crippen molar-refractivity contribution in [1.82, 2.24) is 14.7 Å². The van der Waals surface area contributed by atoms with E-state index in [-0.39, 0.29) is 0 Å². The van der Waals surface area contributed by atoms with Gasteiger partial charge in [0.2, 0.25) is 0 Å². The lowest BCUT2D eigenvalue weighted by Crippen LogP contribution is -2.31. The number of hydrogen-bond donors (Lipinski definition) is 1. The Labute approximate surface area is 117 Å². The highest BCUT2D eigenvalue weighted by Gasteiger charge is 2.21. The average Bonchev–Trinajstić information content (AvgIpc) is 2.83. The summed E-state index contributed by atoms with van der Waals surface area (Å²) in [5, 5.41) is 13.4. The molecule has 2 heterocycles. The zero-order valence-electron chi connectivity index (χ0n) is 11.4. The third kappa shape index (κ3) is 2.44. The third-order valence-electron chi connectivity index (χ3n) is 3.74. The van der Waals surface area contributed by atoms with Crippen LogP contribution in [0.25, 0.3) is 0 Å². The molecule has 0 fully saturated rings. The highest BCUT2D eigenvalue weighted by molar-refractivity contribution is 5.89. The van der Waals surface area contributed by atoms with E-state index in [9.17, 15) is 9.90 Å². The van der Waals surface area contributed by atoms with Gasteiger partial charge in [-0.2, -0.15) is 5.10 Å². The number of carboxylic acid groups (broad SMARTS) is 1. The zero-order chi connectivity index (χ0) is 14.1. The van der Waals surface area contributed by atoms with Gasteiger partial charge in [0.25, 0.3) is 0 Å². The van der Waals surface area contributed by atoms with Crippen molar-refractivity contribution in [2.24, 2.45) is 7.05 Å². The van der Waals surface area contributed by atoms with Crippen LogP contribution in [0.3, 0.4) is 0 Å². The SMILES string of the molecule is Cn1cc(CN2CCc3c(cccc3C(=O)O)C2)cn1. The van der Waals surface area contributed by atoms with Crippen LogP contribution in [0.5, 0.6) is 0 Å². The molecule has 5 nitrogen and oxygen atoms in total. The summed E-state index contributed by atoms with van der Waals surface area (Å²) in [7, 11) is 1.91. The van der Waals surface area contributed by atoms with Gasteiger partial charge in [0.1, 0.15) is 0 Å². The molecule has 0 atom stereocenters. The molecule has 0 bridgehead atoms. The van der Waals surface area contributed by atoms with Crippen molar-refractivity contribution in [2.45, 2.75) is 19.5 Å². The second-order valence-electron chi connectivity index (χ2n) is 5.23. The molecule has 20 heavy (non-hydrogen) atoms. The van der Waals surface area contributed by atoms with Gasteiger partial charge in [0, 0.05) is 38.4 Å². The molecule has 0 saturated carbocycles. The van der Waals surface area contributed by atoms with Gasteiger partial charge in [0.05, 0.1) is 11.8 Å². The van der Waals surface area contributed by atoms with Crippen LogP contribution in [0.1, 0.15) is 27.0 Å². The Hall–Kier alpha value is -2.14. The normalized spacial score (nSPS) is 15.1. The van der Waals surface area contributed by atoms with E-state index in [1.165, 1.54) is 5.56 Å². The van der Waals surface area contributed by atoms with Crippen molar-refractivity contribution in [3.05, 3.63) is 52.8 Å². The molecule has 0 radical (unpaired) electrons. The first-order chi connectivity index (χ1) is 9.63. The molecule has 1 aromatic carbocycles. The first-order valence-corrected chi connectivity index (χ1v) is 6.67. The Bertz CT molecular complexity index is 648. The van der Waals surface area contributed by atoms with Gasteiger partial charge in [0.15, 0.2) is 0 Å². The molecular formula is C15H17N3O2. The number of hydrogen-bond acceptors (Lipinski definition) is 3. The number of fused-ring (bicyclic) bond motifs is 1. The maximum Gasteiger partial charge on any atom is 0.335 e. The summed E-state index contributed by atoms with van der Waals surface area (Å²) >= 11 is 0. The maximum atomic E-state index is 11.2. The molecule has 3 rings (SSSR count). The maximum absolute atomic E-state index is 11.2. The lowest BCUT2D eigenvalue weighted by molar-refractivity contribution is 0.0694. The minimum atomic E-state index is -0.831. The van der Waals surface area contributed by atoms with Crippen LogP contribution in [0.4, 0.5) is 0 Å². The van der Waals surface area contributed by atoms with E-state index in [1.807, 2.05) is 31.6 Å². The monoisotopic (exact) mass is 271 g/mol. The Morgan fingerprint density at radius 3 is 3.00 bits per heavy atom. The average molecular weight is 271 g/mol. The van der Waals surface area contributed by atoms with Crippen LogP contribution in [0.2, 0.25) is 0 Å². The molecule has 0 saturated heterocycles. The highest BCUT2D eigenvalue weighted by Crippen LogP contribution is 2.23.